The van der Waals surface area contributed by atoms with Crippen LogP contribution in [0.15, 0.2) is 42.7 Å². The molecule has 1 aromatic carbocycles. The number of methoxy groups -OCH3 is 1. The summed E-state index contributed by atoms with van der Waals surface area (Å²) in [5.74, 6) is -0.354. The van der Waals surface area contributed by atoms with Crippen LogP contribution in [0.4, 0.5) is 4.39 Å². The van der Waals surface area contributed by atoms with E-state index < -0.39 is 11.7 Å². The molecule has 4 nitrogen and oxygen atoms in total. The number of nitrogens with zero attached hydrogens (tertiary/aromatic N) is 1. The Labute approximate surface area is 116 Å². The zero-order chi connectivity index (χ0) is 14.5. The van der Waals surface area contributed by atoms with Crippen LogP contribution in [0.3, 0.4) is 0 Å². The highest BCUT2D eigenvalue weighted by molar-refractivity contribution is 5.94. The van der Waals surface area contributed by atoms with Crippen molar-refractivity contribution in [1.29, 1.82) is 0 Å². The van der Waals surface area contributed by atoms with Crippen molar-refractivity contribution in [2.45, 2.75) is 13.0 Å². The van der Waals surface area contributed by atoms with E-state index in [0.717, 1.165) is 17.5 Å². The molecule has 20 heavy (non-hydrogen) atoms. The summed E-state index contributed by atoms with van der Waals surface area (Å²) in [6.45, 7) is 1.83. The fourth-order valence-electron chi connectivity index (χ4n) is 1.81. The van der Waals surface area contributed by atoms with E-state index in [2.05, 4.69) is 10.3 Å². The minimum atomic E-state index is -0.632. The van der Waals surface area contributed by atoms with E-state index in [9.17, 15) is 9.18 Å². The van der Waals surface area contributed by atoms with Gasteiger partial charge in [-0.1, -0.05) is 12.1 Å². The van der Waals surface area contributed by atoms with Crippen LogP contribution < -0.4 is 10.1 Å². The van der Waals surface area contributed by atoms with Gasteiger partial charge in [0.05, 0.1) is 24.9 Å². The Kier molecular flexibility index (Phi) is 4.30. The van der Waals surface area contributed by atoms with Gasteiger partial charge >= 0.3 is 0 Å². The van der Waals surface area contributed by atoms with Gasteiger partial charge in [-0.3, -0.25) is 9.78 Å². The quantitative estimate of drug-likeness (QED) is 0.932. The lowest BCUT2D eigenvalue weighted by molar-refractivity contribution is 0.0935. The number of halogens is 1. The van der Waals surface area contributed by atoms with Gasteiger partial charge in [0.2, 0.25) is 0 Å². The summed E-state index contributed by atoms with van der Waals surface area (Å²) in [5, 5.41) is 2.74. The molecule has 1 aromatic heterocycles. The fourth-order valence-corrected chi connectivity index (χ4v) is 1.81. The average Bonchev–Trinajstić information content (AvgIpc) is 2.47. The van der Waals surface area contributed by atoms with Crippen molar-refractivity contribution in [3.05, 3.63) is 59.7 Å². The molecule has 0 aliphatic rings. The first kappa shape index (κ1) is 14.0. The van der Waals surface area contributed by atoms with Gasteiger partial charge in [0.1, 0.15) is 5.75 Å². The number of hydrogen-bond donors (Lipinski definition) is 1. The molecule has 5 heteroatoms. The van der Waals surface area contributed by atoms with Gasteiger partial charge in [0.15, 0.2) is 5.82 Å². The Hall–Kier alpha value is -2.43. The molecule has 0 bridgehead atoms. The van der Waals surface area contributed by atoms with E-state index in [-0.39, 0.29) is 11.6 Å². The maximum atomic E-state index is 13.5. The van der Waals surface area contributed by atoms with Crippen LogP contribution in [-0.2, 0) is 0 Å². The smallest absolute Gasteiger partial charge is 0.254 e. The average molecular weight is 274 g/mol. The Morgan fingerprint density at radius 2 is 2.00 bits per heavy atom. The molecular weight excluding hydrogens is 259 g/mol. The van der Waals surface area contributed by atoms with Crippen molar-refractivity contribution in [3.8, 4) is 5.75 Å². The van der Waals surface area contributed by atoms with Crippen molar-refractivity contribution in [1.82, 2.24) is 10.3 Å². The second kappa shape index (κ2) is 6.14. The van der Waals surface area contributed by atoms with E-state index in [1.165, 1.54) is 12.3 Å². The van der Waals surface area contributed by atoms with E-state index in [1.807, 2.05) is 31.2 Å². The molecular formula is C15H15FN2O2. The minimum absolute atomic E-state index is 0.0136. The standard InChI is InChI=1S/C15H15FN2O2/c1-10(11-3-5-12(20-2)6-4-11)18-15(19)13-7-8-17-9-14(13)16/h3-10H,1-2H3,(H,18,19). The third-order valence-corrected chi connectivity index (χ3v) is 2.98. The number of nitrogens with one attached hydrogen (secondary N) is 1. The van der Waals surface area contributed by atoms with Gasteiger partial charge in [-0.15, -0.1) is 0 Å². The van der Waals surface area contributed by atoms with E-state index in [1.54, 1.807) is 7.11 Å². The molecule has 0 saturated heterocycles. The van der Waals surface area contributed by atoms with Crippen LogP contribution in [0.1, 0.15) is 28.9 Å². The molecule has 1 atom stereocenters. The van der Waals surface area contributed by atoms with Crippen LogP contribution in [0, 0.1) is 5.82 Å². The van der Waals surface area contributed by atoms with Crippen LogP contribution >= 0.6 is 0 Å². The second-order valence-electron chi connectivity index (χ2n) is 4.32. The lowest BCUT2D eigenvalue weighted by Crippen LogP contribution is -2.27. The van der Waals surface area contributed by atoms with E-state index >= 15 is 0 Å². The summed E-state index contributed by atoms with van der Waals surface area (Å²) in [5.41, 5.74) is 0.897. The SMILES string of the molecule is COc1ccc(C(C)NC(=O)c2ccncc2F)cc1. The zero-order valence-electron chi connectivity index (χ0n) is 11.3. The third-order valence-electron chi connectivity index (χ3n) is 2.98. The van der Waals surface area contributed by atoms with Gasteiger partial charge in [0.25, 0.3) is 5.91 Å². The molecule has 0 spiro atoms. The molecule has 0 saturated carbocycles. The van der Waals surface area contributed by atoms with Gasteiger partial charge < -0.3 is 10.1 Å². The molecule has 2 rings (SSSR count). The lowest BCUT2D eigenvalue weighted by Gasteiger charge is -2.15. The van der Waals surface area contributed by atoms with Gasteiger partial charge in [0, 0.05) is 6.20 Å². The number of carbonyl (C=O) groups excluding carboxylic acids is 1. The number of rotatable bonds is 4. The van der Waals surface area contributed by atoms with Crippen molar-refractivity contribution < 1.29 is 13.9 Å². The summed E-state index contributed by atoms with van der Waals surface area (Å²) in [7, 11) is 1.59. The molecule has 0 radical (unpaired) electrons. The number of benzene rings is 1. The highest BCUT2D eigenvalue weighted by atomic mass is 19.1. The van der Waals surface area contributed by atoms with Gasteiger partial charge in [-0.2, -0.15) is 0 Å². The number of ether oxygens (including phenoxy) is 1. The Bertz CT molecular complexity index is 599. The number of pyridine rings is 1. The van der Waals surface area contributed by atoms with Crippen molar-refractivity contribution in [2.75, 3.05) is 7.11 Å². The van der Waals surface area contributed by atoms with Crippen LogP contribution in [0.5, 0.6) is 5.75 Å². The molecule has 0 aliphatic heterocycles. The van der Waals surface area contributed by atoms with E-state index in [4.69, 9.17) is 4.74 Å². The molecule has 104 valence electrons. The summed E-state index contributed by atoms with van der Waals surface area (Å²) >= 11 is 0. The monoisotopic (exact) mass is 274 g/mol. The molecule has 0 aliphatic carbocycles. The van der Waals surface area contributed by atoms with Crippen LogP contribution in [0.25, 0.3) is 0 Å². The molecule has 1 heterocycles. The predicted octanol–water partition coefficient (Wildman–Crippen LogP) is 2.72. The molecule has 1 amide bonds. The maximum Gasteiger partial charge on any atom is 0.254 e. The summed E-state index contributed by atoms with van der Waals surface area (Å²) in [4.78, 5) is 15.6. The maximum absolute atomic E-state index is 13.5. The summed E-state index contributed by atoms with van der Waals surface area (Å²) in [6.07, 6.45) is 2.41. The topological polar surface area (TPSA) is 51.2 Å². The Morgan fingerprint density at radius 3 is 2.60 bits per heavy atom. The molecule has 1 N–H and O–H groups in total. The Balaban J connectivity index is 2.09. The summed E-state index contributed by atoms with van der Waals surface area (Å²) < 4.78 is 18.5. The summed E-state index contributed by atoms with van der Waals surface area (Å²) in [6, 6.07) is 8.45. The molecule has 2 aromatic rings. The first-order chi connectivity index (χ1) is 9.61. The van der Waals surface area contributed by atoms with Crippen LogP contribution in [0.2, 0.25) is 0 Å². The number of amides is 1. The molecule has 1 unspecified atom stereocenters. The Morgan fingerprint density at radius 1 is 1.30 bits per heavy atom. The van der Waals surface area contributed by atoms with Crippen molar-refractivity contribution in [3.63, 3.8) is 0 Å². The number of carbonyl (C=O) groups is 1. The number of aromatic nitrogens is 1. The minimum Gasteiger partial charge on any atom is -0.497 e. The number of hydrogen-bond acceptors (Lipinski definition) is 3. The second-order valence-corrected chi connectivity index (χ2v) is 4.32. The highest BCUT2D eigenvalue weighted by Gasteiger charge is 2.14. The first-order valence-electron chi connectivity index (χ1n) is 6.16. The highest BCUT2D eigenvalue weighted by Crippen LogP contribution is 2.18. The third kappa shape index (κ3) is 3.12. The molecule has 0 fully saturated rings. The first-order valence-corrected chi connectivity index (χ1v) is 6.16. The van der Waals surface area contributed by atoms with Crippen molar-refractivity contribution >= 4 is 5.91 Å². The fraction of sp³-hybridized carbons (Fsp3) is 0.200. The van der Waals surface area contributed by atoms with Crippen LogP contribution in [-0.4, -0.2) is 18.0 Å². The predicted molar refractivity (Wildman–Crippen MR) is 73.1 cm³/mol. The largest absolute Gasteiger partial charge is 0.497 e. The van der Waals surface area contributed by atoms with E-state index in [0.29, 0.717) is 0 Å². The normalized spacial score (nSPS) is 11.8. The van der Waals surface area contributed by atoms with Gasteiger partial charge in [-0.25, -0.2) is 4.39 Å². The van der Waals surface area contributed by atoms with Crippen molar-refractivity contribution in [2.24, 2.45) is 0 Å². The van der Waals surface area contributed by atoms with Gasteiger partial charge in [-0.05, 0) is 30.7 Å². The zero-order valence-corrected chi connectivity index (χ0v) is 11.3. The lowest BCUT2D eigenvalue weighted by atomic mass is 10.1.